The molecule has 2 rings (SSSR count). The van der Waals surface area contributed by atoms with Gasteiger partial charge in [0.2, 0.25) is 0 Å². The molecular weight excluding hydrogens is 331 g/mol. The van der Waals surface area contributed by atoms with Gasteiger partial charge in [0, 0.05) is 18.3 Å². The molecule has 0 radical (unpaired) electrons. The van der Waals surface area contributed by atoms with Crippen LogP contribution in [0.25, 0.3) is 0 Å². The van der Waals surface area contributed by atoms with Crippen molar-refractivity contribution in [2.75, 3.05) is 17.3 Å². The lowest BCUT2D eigenvalue weighted by Gasteiger charge is -2.29. The fraction of sp³-hybridized carbons (Fsp3) is 0.500. The second kappa shape index (κ2) is 6.42. The zero-order chi connectivity index (χ0) is 16.5. The first-order chi connectivity index (χ1) is 10.2. The van der Waals surface area contributed by atoms with Crippen LogP contribution in [0.5, 0.6) is 0 Å². The summed E-state index contributed by atoms with van der Waals surface area (Å²) in [6.07, 6.45) is 2.80. The van der Waals surface area contributed by atoms with Gasteiger partial charge in [0.25, 0.3) is 0 Å². The average Bonchev–Trinajstić information content (AvgIpc) is 3.16. The Morgan fingerprint density at radius 2 is 2.14 bits per heavy atom. The van der Waals surface area contributed by atoms with E-state index in [-0.39, 0.29) is 22.5 Å². The monoisotopic (exact) mass is 348 g/mol. The molecule has 1 N–H and O–H groups in total. The van der Waals surface area contributed by atoms with E-state index < -0.39 is 27.7 Å². The number of rotatable bonds is 5. The van der Waals surface area contributed by atoms with Crippen LogP contribution in [0.4, 0.5) is 14.9 Å². The van der Waals surface area contributed by atoms with Gasteiger partial charge in [-0.05, 0) is 38.0 Å². The summed E-state index contributed by atoms with van der Waals surface area (Å²) < 4.78 is 36.1. The third kappa shape index (κ3) is 4.58. The molecule has 1 saturated carbocycles. The van der Waals surface area contributed by atoms with Crippen molar-refractivity contribution in [3.63, 3.8) is 0 Å². The van der Waals surface area contributed by atoms with E-state index in [4.69, 9.17) is 11.6 Å². The lowest BCUT2D eigenvalue weighted by Crippen LogP contribution is -2.46. The first-order valence-corrected chi connectivity index (χ1v) is 9.33. The molecule has 1 fully saturated rings. The first-order valence-electron chi connectivity index (χ1n) is 6.89. The van der Waals surface area contributed by atoms with Crippen molar-refractivity contribution in [3.05, 3.63) is 29.0 Å². The standard InChI is InChI=1S/C14H18ClFN2O3S/c1-9(8-22(2,20)21)18(11-4-5-11)14(19)17-13-7-10(16)3-6-12(13)15/h3,6-7,9,11H,4-5,8H2,1-2H3,(H,17,19)/t9-/m0/s1. The lowest BCUT2D eigenvalue weighted by molar-refractivity contribution is 0.194. The van der Waals surface area contributed by atoms with Gasteiger partial charge in [-0.15, -0.1) is 0 Å². The first kappa shape index (κ1) is 17.0. The summed E-state index contributed by atoms with van der Waals surface area (Å²) in [5.41, 5.74) is 0.170. The number of carbonyl (C=O) groups is 1. The second-order valence-electron chi connectivity index (χ2n) is 5.63. The molecule has 0 bridgehead atoms. The molecule has 1 aromatic rings. The van der Waals surface area contributed by atoms with Crippen LogP contribution >= 0.6 is 11.6 Å². The molecule has 122 valence electrons. The minimum atomic E-state index is -3.20. The Bertz CT molecular complexity index is 677. The molecule has 1 atom stereocenters. The van der Waals surface area contributed by atoms with Crippen LogP contribution in [-0.4, -0.2) is 43.4 Å². The number of anilines is 1. The Labute approximate surface area is 134 Å². The largest absolute Gasteiger partial charge is 0.322 e. The summed E-state index contributed by atoms with van der Waals surface area (Å²) in [6.45, 7) is 1.69. The highest BCUT2D eigenvalue weighted by Gasteiger charge is 2.37. The number of nitrogens with one attached hydrogen (secondary N) is 1. The van der Waals surface area contributed by atoms with Crippen molar-refractivity contribution in [3.8, 4) is 0 Å². The zero-order valence-electron chi connectivity index (χ0n) is 12.3. The number of urea groups is 1. The van der Waals surface area contributed by atoms with Crippen molar-refractivity contribution in [1.29, 1.82) is 0 Å². The molecule has 2 amide bonds. The maximum Gasteiger partial charge on any atom is 0.322 e. The van der Waals surface area contributed by atoms with E-state index in [1.54, 1.807) is 6.92 Å². The predicted octanol–water partition coefficient (Wildman–Crippen LogP) is 2.91. The van der Waals surface area contributed by atoms with Gasteiger partial charge in [0.15, 0.2) is 0 Å². The van der Waals surface area contributed by atoms with E-state index in [9.17, 15) is 17.6 Å². The number of carbonyl (C=O) groups excluding carboxylic acids is 1. The van der Waals surface area contributed by atoms with Crippen molar-refractivity contribution in [2.45, 2.75) is 31.8 Å². The van der Waals surface area contributed by atoms with Gasteiger partial charge in [-0.3, -0.25) is 0 Å². The molecule has 0 heterocycles. The molecule has 0 spiro atoms. The van der Waals surface area contributed by atoms with Crippen LogP contribution in [0.2, 0.25) is 5.02 Å². The lowest BCUT2D eigenvalue weighted by atomic mass is 10.3. The minimum Gasteiger partial charge on any atom is -0.318 e. The summed E-state index contributed by atoms with van der Waals surface area (Å²) in [5.74, 6) is -0.629. The van der Waals surface area contributed by atoms with Crippen LogP contribution in [0.1, 0.15) is 19.8 Å². The molecule has 0 aromatic heterocycles. The van der Waals surface area contributed by atoms with Gasteiger partial charge >= 0.3 is 6.03 Å². The Balaban J connectivity index is 2.15. The zero-order valence-corrected chi connectivity index (χ0v) is 13.9. The number of halogens is 2. The number of hydrogen-bond acceptors (Lipinski definition) is 3. The molecule has 1 aliphatic rings. The van der Waals surface area contributed by atoms with E-state index in [0.717, 1.165) is 25.2 Å². The smallest absolute Gasteiger partial charge is 0.318 e. The highest BCUT2D eigenvalue weighted by atomic mass is 35.5. The van der Waals surface area contributed by atoms with Crippen molar-refractivity contribution >= 4 is 33.2 Å². The van der Waals surface area contributed by atoms with Gasteiger partial charge in [0.1, 0.15) is 15.7 Å². The number of nitrogens with zero attached hydrogens (tertiary/aromatic N) is 1. The third-order valence-electron chi connectivity index (χ3n) is 3.36. The van der Waals surface area contributed by atoms with Crippen molar-refractivity contribution in [2.24, 2.45) is 0 Å². The van der Waals surface area contributed by atoms with Crippen LogP contribution in [0.15, 0.2) is 18.2 Å². The summed E-state index contributed by atoms with van der Waals surface area (Å²) in [5, 5.41) is 2.78. The van der Waals surface area contributed by atoms with Gasteiger partial charge in [-0.25, -0.2) is 17.6 Å². The number of benzene rings is 1. The Morgan fingerprint density at radius 1 is 1.50 bits per heavy atom. The van der Waals surface area contributed by atoms with E-state index in [1.165, 1.54) is 17.0 Å². The average molecular weight is 349 g/mol. The highest BCUT2D eigenvalue weighted by Crippen LogP contribution is 2.30. The summed E-state index contributed by atoms with van der Waals surface area (Å²) in [6, 6.07) is 2.77. The Hall–Kier alpha value is -1.34. The van der Waals surface area contributed by atoms with Crippen LogP contribution < -0.4 is 5.32 Å². The topological polar surface area (TPSA) is 66.5 Å². The van der Waals surface area contributed by atoms with E-state index in [2.05, 4.69) is 5.32 Å². The van der Waals surface area contributed by atoms with Crippen molar-refractivity contribution in [1.82, 2.24) is 4.90 Å². The van der Waals surface area contributed by atoms with Crippen LogP contribution in [-0.2, 0) is 9.84 Å². The molecule has 0 aliphatic heterocycles. The molecule has 8 heteroatoms. The maximum atomic E-state index is 13.2. The van der Waals surface area contributed by atoms with E-state index in [0.29, 0.717) is 0 Å². The summed E-state index contributed by atoms with van der Waals surface area (Å²) in [4.78, 5) is 13.9. The minimum absolute atomic E-state index is 0.0177. The summed E-state index contributed by atoms with van der Waals surface area (Å²) in [7, 11) is -3.20. The molecule has 1 aliphatic carbocycles. The third-order valence-corrected chi connectivity index (χ3v) is 4.78. The maximum absolute atomic E-state index is 13.2. The van der Waals surface area contributed by atoms with Crippen LogP contribution in [0.3, 0.4) is 0 Å². The fourth-order valence-electron chi connectivity index (χ4n) is 2.37. The predicted molar refractivity (Wildman–Crippen MR) is 84.5 cm³/mol. The molecule has 22 heavy (non-hydrogen) atoms. The Morgan fingerprint density at radius 3 is 2.68 bits per heavy atom. The molecule has 0 unspecified atom stereocenters. The SMILES string of the molecule is C[C@@H](CS(C)(=O)=O)N(C(=O)Nc1cc(F)ccc1Cl)C1CC1. The summed E-state index contributed by atoms with van der Waals surface area (Å²) >= 11 is 5.93. The van der Waals surface area contributed by atoms with Gasteiger partial charge < -0.3 is 10.2 Å². The number of sulfone groups is 1. The number of hydrogen-bond donors (Lipinski definition) is 1. The highest BCUT2D eigenvalue weighted by molar-refractivity contribution is 7.90. The fourth-order valence-corrected chi connectivity index (χ4v) is 3.57. The van der Waals surface area contributed by atoms with Gasteiger partial charge in [-0.2, -0.15) is 0 Å². The second-order valence-corrected chi connectivity index (χ2v) is 8.23. The quantitative estimate of drug-likeness (QED) is 0.889. The molecule has 5 nitrogen and oxygen atoms in total. The van der Waals surface area contributed by atoms with Crippen molar-refractivity contribution < 1.29 is 17.6 Å². The molecular formula is C14H18ClFN2O3S. The Kier molecular flexibility index (Phi) is 4.97. The van der Waals surface area contributed by atoms with Gasteiger partial charge in [0.05, 0.1) is 16.5 Å². The number of amides is 2. The van der Waals surface area contributed by atoms with E-state index >= 15 is 0 Å². The molecule has 0 saturated heterocycles. The van der Waals surface area contributed by atoms with Crippen LogP contribution in [0, 0.1) is 5.82 Å². The normalized spacial score (nSPS) is 16.2. The molecule has 1 aromatic carbocycles. The van der Waals surface area contributed by atoms with Gasteiger partial charge in [-0.1, -0.05) is 11.6 Å². The van der Waals surface area contributed by atoms with E-state index in [1.807, 2.05) is 0 Å².